The molecule has 1 amide bonds. The minimum atomic E-state index is -0.0805. The van der Waals surface area contributed by atoms with Crippen molar-refractivity contribution in [2.45, 2.75) is 19.4 Å². The smallest absolute Gasteiger partial charge is 0.252 e. The quantitative estimate of drug-likeness (QED) is 0.829. The van der Waals surface area contributed by atoms with Crippen LogP contribution in [0.2, 0.25) is 0 Å². The van der Waals surface area contributed by atoms with Crippen LogP contribution in [-0.4, -0.2) is 42.0 Å². The molecule has 1 heterocycles. The molecule has 16 heavy (non-hydrogen) atoms. The standard InChI is InChI=1S/C12H19N3O/c1-12(2,15(3)4)9-14-11(16)10-6-5-7-13-8-10/h5-8H,9H2,1-4H3,(H,14,16). The normalized spacial score (nSPS) is 11.6. The molecular weight excluding hydrogens is 202 g/mol. The molecule has 4 nitrogen and oxygen atoms in total. The van der Waals surface area contributed by atoms with Crippen LogP contribution in [0.25, 0.3) is 0 Å². The van der Waals surface area contributed by atoms with Gasteiger partial charge in [-0.15, -0.1) is 0 Å². The second-order valence-corrected chi connectivity index (χ2v) is 4.63. The molecule has 0 spiro atoms. The zero-order valence-electron chi connectivity index (χ0n) is 10.3. The molecule has 0 aromatic carbocycles. The Balaban J connectivity index is 2.54. The first-order valence-corrected chi connectivity index (χ1v) is 5.29. The average Bonchev–Trinajstić information content (AvgIpc) is 2.27. The Bertz CT molecular complexity index is 347. The van der Waals surface area contributed by atoms with E-state index in [4.69, 9.17) is 0 Å². The number of pyridine rings is 1. The summed E-state index contributed by atoms with van der Waals surface area (Å²) in [5.41, 5.74) is 0.537. The van der Waals surface area contributed by atoms with Gasteiger partial charge in [0.15, 0.2) is 0 Å². The maximum Gasteiger partial charge on any atom is 0.252 e. The van der Waals surface area contributed by atoms with Crippen molar-refractivity contribution in [2.75, 3.05) is 20.6 Å². The van der Waals surface area contributed by atoms with Crippen molar-refractivity contribution in [2.24, 2.45) is 0 Å². The first kappa shape index (κ1) is 12.6. The highest BCUT2D eigenvalue weighted by molar-refractivity contribution is 5.93. The topological polar surface area (TPSA) is 45.2 Å². The molecule has 1 N–H and O–H groups in total. The Morgan fingerprint density at radius 2 is 2.19 bits per heavy atom. The molecule has 0 aliphatic carbocycles. The number of nitrogens with zero attached hydrogens (tertiary/aromatic N) is 2. The van der Waals surface area contributed by atoms with Gasteiger partial charge >= 0.3 is 0 Å². The Morgan fingerprint density at radius 3 is 2.69 bits per heavy atom. The summed E-state index contributed by atoms with van der Waals surface area (Å²) >= 11 is 0. The van der Waals surface area contributed by atoms with E-state index in [1.54, 1.807) is 24.5 Å². The summed E-state index contributed by atoms with van der Waals surface area (Å²) in [6.45, 7) is 4.76. The molecule has 0 unspecified atom stereocenters. The first-order chi connectivity index (χ1) is 7.43. The molecule has 4 heteroatoms. The fourth-order valence-electron chi connectivity index (χ4n) is 1.05. The van der Waals surface area contributed by atoms with Gasteiger partial charge in [0.05, 0.1) is 5.56 Å². The number of carbonyl (C=O) groups is 1. The van der Waals surface area contributed by atoms with Crippen molar-refractivity contribution in [3.8, 4) is 0 Å². The predicted octanol–water partition coefficient (Wildman–Crippen LogP) is 1.15. The van der Waals surface area contributed by atoms with E-state index >= 15 is 0 Å². The number of nitrogens with one attached hydrogen (secondary N) is 1. The number of carbonyl (C=O) groups excluding carboxylic acids is 1. The number of hydrogen-bond donors (Lipinski definition) is 1. The third kappa shape index (κ3) is 3.31. The number of likely N-dealkylation sites (N-methyl/N-ethyl adjacent to an activating group) is 1. The van der Waals surface area contributed by atoms with E-state index in [2.05, 4.69) is 29.0 Å². The lowest BCUT2D eigenvalue weighted by Crippen LogP contribution is -2.48. The molecule has 1 aromatic rings. The molecule has 0 aliphatic heterocycles. The summed E-state index contributed by atoms with van der Waals surface area (Å²) in [6.07, 6.45) is 3.22. The molecule has 0 saturated heterocycles. The van der Waals surface area contributed by atoms with E-state index in [9.17, 15) is 4.79 Å². The second-order valence-electron chi connectivity index (χ2n) is 4.63. The van der Waals surface area contributed by atoms with Gasteiger partial charge < -0.3 is 10.2 Å². The van der Waals surface area contributed by atoms with Gasteiger partial charge in [-0.3, -0.25) is 9.78 Å². The van der Waals surface area contributed by atoms with E-state index in [-0.39, 0.29) is 11.4 Å². The molecule has 0 aliphatic rings. The lowest BCUT2D eigenvalue weighted by atomic mass is 10.0. The first-order valence-electron chi connectivity index (χ1n) is 5.29. The van der Waals surface area contributed by atoms with Crippen molar-refractivity contribution in [3.05, 3.63) is 30.1 Å². The molecule has 0 atom stereocenters. The molecule has 88 valence electrons. The van der Waals surface area contributed by atoms with Gasteiger partial charge in [-0.1, -0.05) is 0 Å². The summed E-state index contributed by atoms with van der Waals surface area (Å²) < 4.78 is 0. The van der Waals surface area contributed by atoms with E-state index in [1.165, 1.54) is 0 Å². The van der Waals surface area contributed by atoms with Gasteiger partial charge in [0.1, 0.15) is 0 Å². The van der Waals surface area contributed by atoms with Crippen LogP contribution in [0.4, 0.5) is 0 Å². The number of hydrogen-bond acceptors (Lipinski definition) is 3. The van der Waals surface area contributed by atoms with Crippen LogP contribution in [0.5, 0.6) is 0 Å². The van der Waals surface area contributed by atoms with Gasteiger partial charge in [0, 0.05) is 24.5 Å². The van der Waals surface area contributed by atoms with Crippen LogP contribution in [0.1, 0.15) is 24.2 Å². The van der Waals surface area contributed by atoms with Crippen molar-refractivity contribution in [1.29, 1.82) is 0 Å². The van der Waals surface area contributed by atoms with Gasteiger partial charge in [-0.05, 0) is 40.1 Å². The lowest BCUT2D eigenvalue weighted by Gasteiger charge is -2.32. The van der Waals surface area contributed by atoms with Crippen LogP contribution >= 0.6 is 0 Å². The molecule has 1 aromatic heterocycles. The van der Waals surface area contributed by atoms with Gasteiger partial charge in [0.2, 0.25) is 0 Å². The van der Waals surface area contributed by atoms with E-state index in [0.29, 0.717) is 12.1 Å². The van der Waals surface area contributed by atoms with Crippen molar-refractivity contribution < 1.29 is 4.79 Å². The highest BCUT2D eigenvalue weighted by atomic mass is 16.1. The Hall–Kier alpha value is -1.42. The van der Waals surface area contributed by atoms with Crippen LogP contribution in [0.3, 0.4) is 0 Å². The molecule has 0 radical (unpaired) electrons. The molecule has 0 fully saturated rings. The highest BCUT2D eigenvalue weighted by Crippen LogP contribution is 2.08. The van der Waals surface area contributed by atoms with E-state index < -0.39 is 0 Å². The summed E-state index contributed by atoms with van der Waals surface area (Å²) in [4.78, 5) is 17.7. The molecule has 1 rings (SSSR count). The van der Waals surface area contributed by atoms with Crippen molar-refractivity contribution in [3.63, 3.8) is 0 Å². The van der Waals surface area contributed by atoms with E-state index in [0.717, 1.165) is 0 Å². The Morgan fingerprint density at radius 1 is 1.50 bits per heavy atom. The minimum Gasteiger partial charge on any atom is -0.350 e. The summed E-state index contributed by atoms with van der Waals surface area (Å²) in [6, 6.07) is 3.51. The van der Waals surface area contributed by atoms with Gasteiger partial charge in [-0.25, -0.2) is 0 Å². The van der Waals surface area contributed by atoms with Crippen LogP contribution < -0.4 is 5.32 Å². The Kier molecular flexibility index (Phi) is 4.01. The van der Waals surface area contributed by atoms with Crippen LogP contribution in [0.15, 0.2) is 24.5 Å². The second kappa shape index (κ2) is 5.07. The SMILES string of the molecule is CN(C)C(C)(C)CNC(=O)c1cccnc1. The Labute approximate surface area is 96.7 Å². The number of amides is 1. The van der Waals surface area contributed by atoms with Gasteiger partial charge in [-0.2, -0.15) is 0 Å². The maximum absolute atomic E-state index is 11.7. The van der Waals surface area contributed by atoms with Crippen molar-refractivity contribution in [1.82, 2.24) is 15.2 Å². The largest absolute Gasteiger partial charge is 0.350 e. The summed E-state index contributed by atoms with van der Waals surface area (Å²) in [7, 11) is 3.99. The monoisotopic (exact) mass is 221 g/mol. The third-order valence-electron chi connectivity index (χ3n) is 2.82. The summed E-state index contributed by atoms with van der Waals surface area (Å²) in [5.74, 6) is -0.0805. The fourth-order valence-corrected chi connectivity index (χ4v) is 1.05. The third-order valence-corrected chi connectivity index (χ3v) is 2.82. The number of rotatable bonds is 4. The number of aromatic nitrogens is 1. The minimum absolute atomic E-state index is 0.0577. The molecule has 0 bridgehead atoms. The summed E-state index contributed by atoms with van der Waals surface area (Å²) in [5, 5.41) is 2.90. The maximum atomic E-state index is 11.7. The van der Waals surface area contributed by atoms with Crippen molar-refractivity contribution >= 4 is 5.91 Å². The molecule has 0 saturated carbocycles. The highest BCUT2D eigenvalue weighted by Gasteiger charge is 2.21. The fraction of sp³-hybridized carbons (Fsp3) is 0.500. The average molecular weight is 221 g/mol. The van der Waals surface area contributed by atoms with Crippen LogP contribution in [-0.2, 0) is 0 Å². The van der Waals surface area contributed by atoms with Gasteiger partial charge in [0.25, 0.3) is 5.91 Å². The van der Waals surface area contributed by atoms with Crippen LogP contribution in [0, 0.1) is 0 Å². The van der Waals surface area contributed by atoms with E-state index in [1.807, 2.05) is 14.1 Å². The zero-order valence-corrected chi connectivity index (χ0v) is 10.3. The predicted molar refractivity (Wildman–Crippen MR) is 64.3 cm³/mol. The zero-order chi connectivity index (χ0) is 12.2. The lowest BCUT2D eigenvalue weighted by molar-refractivity contribution is 0.0919. The molecular formula is C12H19N3O.